The Hall–Kier alpha value is -0.820. The van der Waals surface area contributed by atoms with Gasteiger partial charge in [-0.25, -0.2) is 0 Å². The van der Waals surface area contributed by atoms with Crippen molar-refractivity contribution in [2.75, 3.05) is 13.6 Å². The number of rotatable bonds is 6. The standard InChI is InChI=1S/C14H24F3N3O/c1-20(8-7-14(15,16)17)11-3-2-6-13(9-11,12(18)21)19-10-4-5-10/h10-11,19H,2-9H2,1H3,(H2,18,21). The van der Waals surface area contributed by atoms with Crippen molar-refractivity contribution in [3.8, 4) is 0 Å². The SMILES string of the molecule is CN(CCC(F)(F)F)C1CCCC(NC2CC2)(C(N)=O)C1. The molecule has 0 aromatic heterocycles. The largest absolute Gasteiger partial charge is 0.390 e. The fraction of sp³-hybridized carbons (Fsp3) is 0.929. The highest BCUT2D eigenvalue weighted by atomic mass is 19.4. The molecule has 2 aliphatic carbocycles. The zero-order valence-electron chi connectivity index (χ0n) is 12.4. The van der Waals surface area contributed by atoms with Crippen LogP contribution in [0.4, 0.5) is 13.2 Å². The molecule has 1 amide bonds. The van der Waals surface area contributed by atoms with E-state index in [1.54, 1.807) is 11.9 Å². The van der Waals surface area contributed by atoms with Crippen LogP contribution in [0.25, 0.3) is 0 Å². The summed E-state index contributed by atoms with van der Waals surface area (Å²) in [6.45, 7) is -0.0353. The normalized spacial score (nSPS) is 30.6. The second-order valence-electron chi connectivity index (χ2n) is 6.46. The van der Waals surface area contributed by atoms with Crippen LogP contribution in [0.2, 0.25) is 0 Å². The molecule has 7 heteroatoms. The number of nitrogens with two attached hydrogens (primary N) is 1. The predicted molar refractivity (Wildman–Crippen MR) is 73.6 cm³/mol. The van der Waals surface area contributed by atoms with Crippen molar-refractivity contribution in [2.24, 2.45) is 5.73 Å². The maximum absolute atomic E-state index is 12.3. The third-order valence-corrected chi connectivity index (χ3v) is 4.63. The molecule has 0 bridgehead atoms. The molecule has 0 aromatic rings. The number of nitrogens with zero attached hydrogens (tertiary/aromatic N) is 1. The zero-order valence-corrected chi connectivity index (χ0v) is 12.4. The first kappa shape index (κ1) is 16.5. The molecule has 21 heavy (non-hydrogen) atoms. The predicted octanol–water partition coefficient (Wildman–Crippen LogP) is 1.79. The highest BCUT2D eigenvalue weighted by Gasteiger charge is 2.45. The van der Waals surface area contributed by atoms with Crippen molar-refractivity contribution in [3.63, 3.8) is 0 Å². The summed E-state index contributed by atoms with van der Waals surface area (Å²) in [5, 5.41) is 3.34. The van der Waals surface area contributed by atoms with E-state index in [0.29, 0.717) is 18.9 Å². The Balaban J connectivity index is 1.95. The van der Waals surface area contributed by atoms with Gasteiger partial charge in [-0.05, 0) is 45.6 Å². The number of alkyl halides is 3. The van der Waals surface area contributed by atoms with Gasteiger partial charge < -0.3 is 16.0 Å². The number of halogens is 3. The number of amides is 1. The molecule has 0 heterocycles. The summed E-state index contributed by atoms with van der Waals surface area (Å²) in [5.41, 5.74) is 4.84. The molecule has 2 aliphatic rings. The van der Waals surface area contributed by atoms with Gasteiger partial charge in [0.2, 0.25) is 5.91 Å². The molecule has 3 N–H and O–H groups in total. The van der Waals surface area contributed by atoms with Gasteiger partial charge in [0.25, 0.3) is 0 Å². The molecule has 2 saturated carbocycles. The van der Waals surface area contributed by atoms with Crippen LogP contribution in [-0.2, 0) is 4.79 Å². The maximum atomic E-state index is 12.3. The van der Waals surface area contributed by atoms with Crippen LogP contribution in [0, 0.1) is 0 Å². The zero-order chi connectivity index (χ0) is 15.7. The monoisotopic (exact) mass is 307 g/mol. The van der Waals surface area contributed by atoms with Crippen molar-refractivity contribution in [1.29, 1.82) is 0 Å². The van der Waals surface area contributed by atoms with Gasteiger partial charge in [0.05, 0.1) is 12.0 Å². The number of hydrogen-bond acceptors (Lipinski definition) is 3. The second-order valence-corrected chi connectivity index (χ2v) is 6.46. The van der Waals surface area contributed by atoms with Crippen molar-refractivity contribution in [2.45, 2.75) is 68.7 Å². The van der Waals surface area contributed by atoms with Crippen LogP contribution >= 0.6 is 0 Å². The Morgan fingerprint density at radius 3 is 2.57 bits per heavy atom. The fourth-order valence-corrected chi connectivity index (χ4v) is 3.15. The summed E-state index contributed by atoms with van der Waals surface area (Å²) in [7, 11) is 1.70. The molecule has 4 nitrogen and oxygen atoms in total. The summed E-state index contributed by atoms with van der Waals surface area (Å²) in [5.74, 6) is -0.372. The molecule has 2 fully saturated rings. The lowest BCUT2D eigenvalue weighted by molar-refractivity contribution is -0.139. The van der Waals surface area contributed by atoms with E-state index in [4.69, 9.17) is 5.73 Å². The first-order chi connectivity index (χ1) is 9.72. The first-order valence-corrected chi connectivity index (χ1v) is 7.56. The number of hydrogen-bond donors (Lipinski definition) is 2. The molecule has 0 radical (unpaired) electrons. The highest BCUT2D eigenvalue weighted by molar-refractivity contribution is 5.85. The summed E-state index contributed by atoms with van der Waals surface area (Å²) in [6.07, 6.45) is -0.0577. The van der Waals surface area contributed by atoms with Crippen LogP contribution in [-0.4, -0.2) is 48.2 Å². The number of carbonyl (C=O) groups excluding carboxylic acids is 1. The van der Waals surface area contributed by atoms with Gasteiger partial charge in [-0.1, -0.05) is 0 Å². The number of primary amides is 1. The van der Waals surface area contributed by atoms with E-state index >= 15 is 0 Å². The Morgan fingerprint density at radius 1 is 1.38 bits per heavy atom. The molecule has 2 rings (SSSR count). The average molecular weight is 307 g/mol. The van der Waals surface area contributed by atoms with Crippen molar-refractivity contribution >= 4 is 5.91 Å². The molecule has 122 valence electrons. The lowest BCUT2D eigenvalue weighted by Crippen LogP contribution is -2.61. The molecular formula is C14H24F3N3O. The third kappa shape index (κ3) is 4.57. The van der Waals surface area contributed by atoms with E-state index < -0.39 is 18.1 Å². The maximum Gasteiger partial charge on any atom is 0.390 e. The highest BCUT2D eigenvalue weighted by Crippen LogP contribution is 2.34. The van der Waals surface area contributed by atoms with Gasteiger partial charge in [0.15, 0.2) is 0 Å². The van der Waals surface area contributed by atoms with Crippen LogP contribution in [0.3, 0.4) is 0 Å². The summed E-state index contributed by atoms with van der Waals surface area (Å²) in [4.78, 5) is 13.6. The molecule has 2 unspecified atom stereocenters. The quantitative estimate of drug-likeness (QED) is 0.786. The second kappa shape index (κ2) is 6.12. The minimum absolute atomic E-state index is 0.0279. The lowest BCUT2D eigenvalue weighted by Gasteiger charge is -2.42. The van der Waals surface area contributed by atoms with E-state index in [9.17, 15) is 18.0 Å². The smallest absolute Gasteiger partial charge is 0.368 e. The molecule has 0 saturated heterocycles. The Bertz CT molecular complexity index is 384. The van der Waals surface area contributed by atoms with Gasteiger partial charge in [-0.15, -0.1) is 0 Å². The number of nitrogens with one attached hydrogen (secondary N) is 1. The van der Waals surface area contributed by atoms with Crippen molar-refractivity contribution in [1.82, 2.24) is 10.2 Å². The minimum Gasteiger partial charge on any atom is -0.368 e. The van der Waals surface area contributed by atoms with Crippen LogP contribution in [0.15, 0.2) is 0 Å². The van der Waals surface area contributed by atoms with E-state index in [1.807, 2.05) is 0 Å². The van der Waals surface area contributed by atoms with Gasteiger partial charge >= 0.3 is 6.18 Å². The number of carbonyl (C=O) groups is 1. The Labute approximate surface area is 123 Å². The van der Waals surface area contributed by atoms with E-state index in [0.717, 1.165) is 25.7 Å². The van der Waals surface area contributed by atoms with Gasteiger partial charge in [0, 0.05) is 18.6 Å². The van der Waals surface area contributed by atoms with Gasteiger partial charge in [-0.3, -0.25) is 4.79 Å². The van der Waals surface area contributed by atoms with E-state index in [-0.39, 0.29) is 18.5 Å². The lowest BCUT2D eigenvalue weighted by atomic mass is 9.77. The molecule has 2 atom stereocenters. The van der Waals surface area contributed by atoms with Crippen LogP contribution in [0.5, 0.6) is 0 Å². The van der Waals surface area contributed by atoms with Gasteiger partial charge in [0.1, 0.15) is 0 Å². The van der Waals surface area contributed by atoms with E-state index in [1.165, 1.54) is 0 Å². The molecule has 0 aromatic carbocycles. The fourth-order valence-electron chi connectivity index (χ4n) is 3.15. The summed E-state index contributed by atoms with van der Waals surface area (Å²) < 4.78 is 37.0. The molecule has 0 spiro atoms. The van der Waals surface area contributed by atoms with Crippen LogP contribution in [0.1, 0.15) is 44.9 Å². The van der Waals surface area contributed by atoms with Crippen molar-refractivity contribution < 1.29 is 18.0 Å². The van der Waals surface area contributed by atoms with Crippen LogP contribution < -0.4 is 11.1 Å². The average Bonchev–Trinajstić information content (AvgIpc) is 3.19. The first-order valence-electron chi connectivity index (χ1n) is 7.56. The summed E-state index contributed by atoms with van der Waals surface area (Å²) in [6, 6.07) is 0.316. The van der Waals surface area contributed by atoms with Crippen molar-refractivity contribution in [3.05, 3.63) is 0 Å². The Morgan fingerprint density at radius 2 is 2.05 bits per heavy atom. The Kier molecular flexibility index (Phi) is 4.82. The third-order valence-electron chi connectivity index (χ3n) is 4.63. The van der Waals surface area contributed by atoms with Gasteiger partial charge in [-0.2, -0.15) is 13.2 Å². The minimum atomic E-state index is -4.14. The molecule has 0 aliphatic heterocycles. The summed E-state index contributed by atoms with van der Waals surface area (Å²) >= 11 is 0. The topological polar surface area (TPSA) is 58.4 Å². The van der Waals surface area contributed by atoms with E-state index in [2.05, 4.69) is 5.32 Å². The molecular weight excluding hydrogens is 283 g/mol.